The van der Waals surface area contributed by atoms with Gasteiger partial charge in [0.25, 0.3) is 5.91 Å². The summed E-state index contributed by atoms with van der Waals surface area (Å²) in [5.74, 6) is 0.516. The van der Waals surface area contributed by atoms with Gasteiger partial charge in [-0.3, -0.25) is 14.7 Å². The third-order valence-corrected chi connectivity index (χ3v) is 5.51. The zero-order valence-corrected chi connectivity index (χ0v) is 16.7. The Balaban J connectivity index is 1.84. The molecule has 0 aliphatic heterocycles. The van der Waals surface area contributed by atoms with E-state index >= 15 is 0 Å². The number of allylic oxidation sites excluding steroid dienone is 1. The van der Waals surface area contributed by atoms with E-state index in [0.717, 1.165) is 28.1 Å². The van der Waals surface area contributed by atoms with Gasteiger partial charge in [-0.2, -0.15) is 5.10 Å². The van der Waals surface area contributed by atoms with Crippen LogP contribution in [0.1, 0.15) is 32.9 Å². The highest BCUT2D eigenvalue weighted by atomic mass is 16.7. The zero-order chi connectivity index (χ0) is 20.4. The molecule has 0 radical (unpaired) electrons. The van der Waals surface area contributed by atoms with Crippen molar-refractivity contribution in [2.45, 2.75) is 11.8 Å². The maximum atomic E-state index is 12.6. The summed E-state index contributed by atoms with van der Waals surface area (Å²) >= 11 is 0. The number of hydrogen-bond acceptors (Lipinski definition) is 4. The van der Waals surface area contributed by atoms with Gasteiger partial charge in [0.05, 0.1) is 14.2 Å². The van der Waals surface area contributed by atoms with E-state index in [1.54, 1.807) is 14.2 Å². The SMILES string of the molecule is COc1cccc(C2(c3ccccc3)C=Cc3c(C(=O)N(C)OC)n[nH]c3C2)c1. The number of fused-ring (bicyclic) bond motifs is 1. The maximum absolute atomic E-state index is 12.6. The van der Waals surface area contributed by atoms with Crippen LogP contribution in [0.2, 0.25) is 0 Å². The predicted molar refractivity (Wildman–Crippen MR) is 111 cm³/mol. The van der Waals surface area contributed by atoms with Crippen LogP contribution in [0.5, 0.6) is 5.75 Å². The number of hydrogen-bond donors (Lipinski definition) is 1. The lowest BCUT2D eigenvalue weighted by Crippen LogP contribution is -2.31. The lowest BCUT2D eigenvalue weighted by Gasteiger charge is -2.34. The van der Waals surface area contributed by atoms with Crippen molar-refractivity contribution in [1.82, 2.24) is 15.3 Å². The van der Waals surface area contributed by atoms with Crippen molar-refractivity contribution in [2.24, 2.45) is 0 Å². The molecule has 6 heteroatoms. The van der Waals surface area contributed by atoms with Crippen molar-refractivity contribution >= 4 is 12.0 Å². The Labute approximate surface area is 169 Å². The number of amides is 1. The Morgan fingerprint density at radius 2 is 1.86 bits per heavy atom. The normalized spacial score (nSPS) is 17.6. The first-order valence-electron chi connectivity index (χ1n) is 9.38. The first kappa shape index (κ1) is 19.0. The second-order valence-electron chi connectivity index (χ2n) is 7.03. The molecule has 0 saturated carbocycles. The van der Waals surface area contributed by atoms with Gasteiger partial charge in [-0.05, 0) is 23.3 Å². The third-order valence-electron chi connectivity index (χ3n) is 5.51. The summed E-state index contributed by atoms with van der Waals surface area (Å²) in [6.45, 7) is 0. The van der Waals surface area contributed by atoms with Crippen molar-refractivity contribution in [2.75, 3.05) is 21.3 Å². The Hall–Kier alpha value is -3.38. The Morgan fingerprint density at radius 3 is 2.59 bits per heavy atom. The average Bonchev–Trinajstić information content (AvgIpc) is 3.21. The van der Waals surface area contributed by atoms with Gasteiger partial charge in [0, 0.05) is 30.1 Å². The molecule has 29 heavy (non-hydrogen) atoms. The number of rotatable bonds is 5. The minimum absolute atomic E-state index is 0.289. The van der Waals surface area contributed by atoms with Gasteiger partial charge in [0.1, 0.15) is 5.75 Å². The highest BCUT2D eigenvalue weighted by Gasteiger charge is 2.37. The molecule has 1 unspecified atom stereocenters. The number of carbonyl (C=O) groups excluding carboxylic acids is 1. The van der Waals surface area contributed by atoms with Gasteiger partial charge >= 0.3 is 0 Å². The Bertz CT molecular complexity index is 1060. The number of nitrogens with zero attached hydrogens (tertiary/aromatic N) is 2. The molecule has 1 aliphatic rings. The van der Waals surface area contributed by atoms with Crippen LogP contribution in [-0.2, 0) is 16.7 Å². The van der Waals surface area contributed by atoms with Crippen LogP contribution in [0.4, 0.5) is 0 Å². The number of H-pyrrole nitrogens is 1. The van der Waals surface area contributed by atoms with E-state index in [-0.39, 0.29) is 5.91 Å². The van der Waals surface area contributed by atoms with Crippen LogP contribution in [-0.4, -0.2) is 42.4 Å². The molecule has 148 valence electrons. The summed E-state index contributed by atoms with van der Waals surface area (Å²) < 4.78 is 5.46. The monoisotopic (exact) mass is 389 g/mol. The van der Waals surface area contributed by atoms with Crippen LogP contribution in [0.25, 0.3) is 6.08 Å². The highest BCUT2D eigenvalue weighted by molar-refractivity contribution is 5.96. The van der Waals surface area contributed by atoms with Gasteiger partial charge in [0.15, 0.2) is 5.69 Å². The summed E-state index contributed by atoms with van der Waals surface area (Å²) in [5.41, 5.74) is 3.93. The summed E-state index contributed by atoms with van der Waals surface area (Å²) in [6.07, 6.45) is 4.77. The molecule has 1 aromatic heterocycles. The molecule has 1 atom stereocenters. The fourth-order valence-corrected chi connectivity index (χ4v) is 3.86. The maximum Gasteiger partial charge on any atom is 0.298 e. The molecule has 1 N–H and O–H groups in total. The second-order valence-corrected chi connectivity index (χ2v) is 7.03. The van der Waals surface area contributed by atoms with E-state index < -0.39 is 5.41 Å². The van der Waals surface area contributed by atoms with Crippen molar-refractivity contribution in [3.63, 3.8) is 0 Å². The number of hydroxylamine groups is 2. The van der Waals surface area contributed by atoms with Gasteiger partial charge in [-0.25, -0.2) is 5.06 Å². The van der Waals surface area contributed by atoms with Crippen molar-refractivity contribution in [3.05, 3.63) is 88.8 Å². The highest BCUT2D eigenvalue weighted by Crippen LogP contribution is 2.42. The topological polar surface area (TPSA) is 67.4 Å². The number of ether oxygens (including phenoxy) is 1. The summed E-state index contributed by atoms with van der Waals surface area (Å²) in [5, 5.41) is 8.53. The quantitative estimate of drug-likeness (QED) is 0.677. The van der Waals surface area contributed by atoms with Gasteiger partial charge in [-0.15, -0.1) is 0 Å². The molecule has 2 aromatic carbocycles. The number of methoxy groups -OCH3 is 1. The number of aromatic nitrogens is 2. The number of aromatic amines is 1. The van der Waals surface area contributed by atoms with Crippen molar-refractivity contribution in [3.8, 4) is 5.75 Å². The minimum Gasteiger partial charge on any atom is -0.497 e. The van der Waals surface area contributed by atoms with Gasteiger partial charge in [0.2, 0.25) is 0 Å². The predicted octanol–water partition coefficient (Wildman–Crippen LogP) is 3.61. The molecule has 1 heterocycles. The minimum atomic E-state index is -0.400. The molecule has 3 aromatic rings. The molecule has 1 amide bonds. The molecule has 0 fully saturated rings. The van der Waals surface area contributed by atoms with Crippen LogP contribution < -0.4 is 4.74 Å². The number of carbonyl (C=O) groups is 1. The van der Waals surface area contributed by atoms with E-state index in [9.17, 15) is 4.79 Å². The first-order chi connectivity index (χ1) is 14.1. The fourth-order valence-electron chi connectivity index (χ4n) is 3.86. The first-order valence-corrected chi connectivity index (χ1v) is 9.38. The van der Waals surface area contributed by atoms with E-state index in [2.05, 4.69) is 40.5 Å². The summed E-state index contributed by atoms with van der Waals surface area (Å²) in [6, 6.07) is 18.4. The summed E-state index contributed by atoms with van der Waals surface area (Å²) in [4.78, 5) is 17.6. The van der Waals surface area contributed by atoms with Crippen LogP contribution in [0.3, 0.4) is 0 Å². The van der Waals surface area contributed by atoms with Crippen LogP contribution in [0.15, 0.2) is 60.7 Å². The van der Waals surface area contributed by atoms with Crippen molar-refractivity contribution in [1.29, 1.82) is 0 Å². The molecular weight excluding hydrogens is 366 g/mol. The molecule has 4 rings (SSSR count). The molecule has 0 saturated heterocycles. The molecule has 6 nitrogen and oxygen atoms in total. The fraction of sp³-hybridized carbons (Fsp3) is 0.217. The van der Waals surface area contributed by atoms with E-state index in [1.807, 2.05) is 36.4 Å². The molecule has 0 bridgehead atoms. The van der Waals surface area contributed by atoms with E-state index in [0.29, 0.717) is 12.1 Å². The molecular formula is C23H23N3O3. The lowest BCUT2D eigenvalue weighted by atomic mass is 9.68. The largest absolute Gasteiger partial charge is 0.497 e. The average molecular weight is 389 g/mol. The molecule has 1 aliphatic carbocycles. The Kier molecular flexibility index (Phi) is 4.94. The zero-order valence-electron chi connectivity index (χ0n) is 16.7. The third kappa shape index (κ3) is 3.21. The van der Waals surface area contributed by atoms with Crippen molar-refractivity contribution < 1.29 is 14.4 Å². The van der Waals surface area contributed by atoms with Crippen LogP contribution >= 0.6 is 0 Å². The molecule has 0 spiro atoms. The second kappa shape index (κ2) is 7.56. The number of benzene rings is 2. The van der Waals surface area contributed by atoms with Gasteiger partial charge < -0.3 is 4.74 Å². The van der Waals surface area contributed by atoms with Gasteiger partial charge in [-0.1, -0.05) is 54.6 Å². The Morgan fingerprint density at radius 1 is 1.10 bits per heavy atom. The summed E-state index contributed by atoms with van der Waals surface area (Å²) in [7, 11) is 4.69. The smallest absolute Gasteiger partial charge is 0.298 e. The van der Waals surface area contributed by atoms with E-state index in [4.69, 9.17) is 9.57 Å². The van der Waals surface area contributed by atoms with E-state index in [1.165, 1.54) is 12.2 Å². The number of nitrogens with one attached hydrogen (secondary N) is 1. The lowest BCUT2D eigenvalue weighted by molar-refractivity contribution is -0.0760. The van der Waals surface area contributed by atoms with Crippen LogP contribution in [0, 0.1) is 0 Å². The standard InChI is InChI=1S/C23H23N3O3/c1-26(29-3)22(27)21-19-12-13-23(15-20(19)24-25-21,16-8-5-4-6-9-16)17-10-7-11-18(14-17)28-2/h4-14H,15H2,1-3H3,(H,24,25).